The highest BCUT2D eigenvalue weighted by Crippen LogP contribution is 2.34. The Kier molecular flexibility index (Phi) is 7.77. The number of hydrogen-bond acceptors (Lipinski definition) is 7. The minimum absolute atomic E-state index is 0.0680. The number of aromatic nitrogens is 1. The molecular formula is C19H26N4O4S. The number of carbonyl (C=O) groups is 2. The molecule has 0 aliphatic heterocycles. The molecule has 0 aliphatic rings. The molecule has 2 aromatic rings. The maximum absolute atomic E-state index is 12.2. The van der Waals surface area contributed by atoms with Crippen LogP contribution in [0.4, 0.5) is 5.13 Å². The predicted molar refractivity (Wildman–Crippen MR) is 110 cm³/mol. The van der Waals surface area contributed by atoms with E-state index in [1.807, 2.05) is 31.4 Å². The molecule has 0 fully saturated rings. The Morgan fingerprint density at radius 2 is 1.89 bits per heavy atom. The number of likely N-dealkylation sites (N-methyl/N-ethyl adjacent to an activating group) is 1. The van der Waals surface area contributed by atoms with Crippen LogP contribution in [0.3, 0.4) is 0 Å². The number of benzene rings is 1. The van der Waals surface area contributed by atoms with Gasteiger partial charge >= 0.3 is 0 Å². The normalized spacial score (nSPS) is 10.8. The molecule has 9 heteroatoms. The quantitative estimate of drug-likeness (QED) is 0.663. The van der Waals surface area contributed by atoms with E-state index < -0.39 is 0 Å². The summed E-state index contributed by atoms with van der Waals surface area (Å²) in [6, 6.07) is 5.54. The van der Waals surface area contributed by atoms with Gasteiger partial charge in [-0.15, -0.1) is 11.3 Å². The third kappa shape index (κ3) is 6.21. The summed E-state index contributed by atoms with van der Waals surface area (Å²) in [6.07, 6.45) is 0. The second-order valence-corrected chi connectivity index (χ2v) is 7.40. The molecule has 0 aliphatic carbocycles. The van der Waals surface area contributed by atoms with Crippen LogP contribution in [-0.4, -0.2) is 62.1 Å². The van der Waals surface area contributed by atoms with E-state index in [4.69, 9.17) is 9.47 Å². The van der Waals surface area contributed by atoms with Gasteiger partial charge in [0.05, 0.1) is 33.0 Å². The Balaban J connectivity index is 1.97. The number of nitrogens with one attached hydrogen (secondary N) is 2. The van der Waals surface area contributed by atoms with Gasteiger partial charge in [-0.2, -0.15) is 0 Å². The molecule has 0 saturated carbocycles. The average molecular weight is 407 g/mol. The molecule has 152 valence electrons. The van der Waals surface area contributed by atoms with Crippen LogP contribution in [0.5, 0.6) is 11.5 Å². The van der Waals surface area contributed by atoms with Gasteiger partial charge in [-0.05, 0) is 33.0 Å². The molecule has 8 nitrogen and oxygen atoms in total. The lowest BCUT2D eigenvalue weighted by molar-refractivity contribution is -0.123. The highest BCUT2D eigenvalue weighted by atomic mass is 32.1. The van der Waals surface area contributed by atoms with E-state index in [0.717, 1.165) is 5.56 Å². The molecular weight excluding hydrogens is 380 g/mol. The van der Waals surface area contributed by atoms with Crippen LogP contribution >= 0.6 is 11.3 Å². The first-order valence-electron chi connectivity index (χ1n) is 8.78. The largest absolute Gasteiger partial charge is 0.497 e. The molecule has 1 heterocycles. The molecule has 1 aromatic carbocycles. The topological polar surface area (TPSA) is 92.8 Å². The second kappa shape index (κ2) is 10.0. The lowest BCUT2D eigenvalue weighted by Gasteiger charge is -2.16. The van der Waals surface area contributed by atoms with Crippen molar-refractivity contribution in [2.45, 2.75) is 19.9 Å². The molecule has 2 rings (SSSR count). The van der Waals surface area contributed by atoms with Gasteiger partial charge in [0.25, 0.3) is 0 Å². The molecule has 28 heavy (non-hydrogen) atoms. The van der Waals surface area contributed by atoms with E-state index in [-0.39, 0.29) is 30.9 Å². The fourth-order valence-electron chi connectivity index (χ4n) is 2.54. The first-order valence-corrected chi connectivity index (χ1v) is 9.66. The lowest BCUT2D eigenvalue weighted by atomic mass is 10.1. The zero-order chi connectivity index (χ0) is 20.7. The number of nitrogens with zero attached hydrogens (tertiary/aromatic N) is 2. The SMILES string of the molecule is COc1ccc(-c2csc(NC(=O)CN(C)CC(=O)NC(C)C)n2)c(OC)c1. The van der Waals surface area contributed by atoms with Crippen LogP contribution in [-0.2, 0) is 9.59 Å². The zero-order valence-corrected chi connectivity index (χ0v) is 17.6. The summed E-state index contributed by atoms with van der Waals surface area (Å²) in [5, 5.41) is 7.89. The number of hydrogen-bond donors (Lipinski definition) is 2. The van der Waals surface area contributed by atoms with Gasteiger partial charge in [-0.25, -0.2) is 4.98 Å². The van der Waals surface area contributed by atoms with Gasteiger partial charge < -0.3 is 20.1 Å². The second-order valence-electron chi connectivity index (χ2n) is 6.55. The number of thiazole rings is 1. The number of anilines is 1. The number of carbonyl (C=O) groups excluding carboxylic acids is 2. The van der Waals surface area contributed by atoms with Gasteiger partial charge in [0.1, 0.15) is 11.5 Å². The number of ether oxygens (including phenoxy) is 2. The summed E-state index contributed by atoms with van der Waals surface area (Å²) in [6.45, 7) is 4.02. The highest BCUT2D eigenvalue weighted by Gasteiger charge is 2.15. The zero-order valence-electron chi connectivity index (χ0n) is 16.7. The van der Waals surface area contributed by atoms with Crippen molar-refractivity contribution in [2.75, 3.05) is 39.7 Å². The summed E-state index contributed by atoms with van der Waals surface area (Å²) < 4.78 is 10.6. The highest BCUT2D eigenvalue weighted by molar-refractivity contribution is 7.14. The van der Waals surface area contributed by atoms with E-state index >= 15 is 0 Å². The van der Waals surface area contributed by atoms with Gasteiger partial charge in [0.2, 0.25) is 11.8 Å². The number of amides is 2. The van der Waals surface area contributed by atoms with Crippen molar-refractivity contribution < 1.29 is 19.1 Å². The summed E-state index contributed by atoms with van der Waals surface area (Å²) >= 11 is 1.32. The third-order valence-corrected chi connectivity index (χ3v) is 4.47. The first-order chi connectivity index (χ1) is 13.3. The van der Waals surface area contributed by atoms with Crippen molar-refractivity contribution in [1.82, 2.24) is 15.2 Å². The Morgan fingerprint density at radius 3 is 2.54 bits per heavy atom. The summed E-state index contributed by atoms with van der Waals surface area (Å²) in [5.41, 5.74) is 1.51. The minimum Gasteiger partial charge on any atom is -0.497 e. The maximum atomic E-state index is 12.2. The molecule has 0 saturated heterocycles. The third-order valence-electron chi connectivity index (χ3n) is 3.71. The van der Waals surface area contributed by atoms with E-state index in [0.29, 0.717) is 22.3 Å². The maximum Gasteiger partial charge on any atom is 0.240 e. The fourth-order valence-corrected chi connectivity index (χ4v) is 3.26. The van der Waals surface area contributed by atoms with Crippen LogP contribution in [0.25, 0.3) is 11.3 Å². The monoisotopic (exact) mass is 406 g/mol. The van der Waals surface area contributed by atoms with Crippen molar-refractivity contribution in [3.05, 3.63) is 23.6 Å². The van der Waals surface area contributed by atoms with Gasteiger partial charge in [0.15, 0.2) is 5.13 Å². The van der Waals surface area contributed by atoms with Crippen LogP contribution in [0.15, 0.2) is 23.6 Å². The van der Waals surface area contributed by atoms with Crippen molar-refractivity contribution >= 4 is 28.3 Å². The van der Waals surface area contributed by atoms with E-state index in [2.05, 4.69) is 15.6 Å². The number of rotatable bonds is 9. The van der Waals surface area contributed by atoms with Crippen LogP contribution in [0.1, 0.15) is 13.8 Å². The minimum atomic E-state index is -0.234. The molecule has 2 N–H and O–H groups in total. The van der Waals surface area contributed by atoms with Crippen LogP contribution in [0.2, 0.25) is 0 Å². The van der Waals surface area contributed by atoms with Crippen LogP contribution in [0, 0.1) is 0 Å². The fraction of sp³-hybridized carbons (Fsp3) is 0.421. The molecule has 0 radical (unpaired) electrons. The van der Waals surface area contributed by atoms with E-state index in [9.17, 15) is 9.59 Å². The molecule has 0 spiro atoms. The molecule has 2 amide bonds. The van der Waals surface area contributed by atoms with Crippen LogP contribution < -0.4 is 20.1 Å². The van der Waals surface area contributed by atoms with Crippen molar-refractivity contribution in [3.8, 4) is 22.8 Å². The Bertz CT molecular complexity index is 822. The van der Waals surface area contributed by atoms with Crippen molar-refractivity contribution in [2.24, 2.45) is 0 Å². The molecule has 1 aromatic heterocycles. The first kappa shape index (κ1) is 21.6. The summed E-state index contributed by atoms with van der Waals surface area (Å²) in [4.78, 5) is 30.1. The lowest BCUT2D eigenvalue weighted by Crippen LogP contribution is -2.41. The molecule has 0 atom stereocenters. The Morgan fingerprint density at radius 1 is 1.18 bits per heavy atom. The predicted octanol–water partition coefficient (Wildman–Crippen LogP) is 2.22. The van der Waals surface area contributed by atoms with Crippen molar-refractivity contribution in [1.29, 1.82) is 0 Å². The van der Waals surface area contributed by atoms with Gasteiger partial charge in [-0.3, -0.25) is 14.5 Å². The van der Waals surface area contributed by atoms with E-state index in [1.165, 1.54) is 11.3 Å². The van der Waals surface area contributed by atoms with E-state index in [1.54, 1.807) is 32.2 Å². The van der Waals surface area contributed by atoms with Gasteiger partial charge in [0, 0.05) is 23.1 Å². The Labute approximate surface area is 168 Å². The summed E-state index contributed by atoms with van der Waals surface area (Å²) in [5.74, 6) is 0.975. The molecule has 0 unspecified atom stereocenters. The molecule has 0 bridgehead atoms. The number of methoxy groups -OCH3 is 2. The smallest absolute Gasteiger partial charge is 0.240 e. The Hall–Kier alpha value is -2.65. The standard InChI is InChI=1S/C19H26N4O4S/c1-12(2)20-17(24)9-23(3)10-18(25)22-19-21-15(11-28-19)14-7-6-13(26-4)8-16(14)27-5/h6-8,11-12H,9-10H2,1-5H3,(H,20,24)(H,21,22,25). The summed E-state index contributed by atoms with van der Waals surface area (Å²) in [7, 11) is 4.89. The average Bonchev–Trinajstić information content (AvgIpc) is 3.07. The van der Waals surface area contributed by atoms with Crippen molar-refractivity contribution in [3.63, 3.8) is 0 Å². The van der Waals surface area contributed by atoms with Gasteiger partial charge in [-0.1, -0.05) is 0 Å².